The van der Waals surface area contributed by atoms with Crippen LogP contribution in [0.2, 0.25) is 0 Å². The fourth-order valence-electron chi connectivity index (χ4n) is 1.42. The molecule has 0 spiro atoms. The first-order valence-corrected chi connectivity index (χ1v) is 6.30. The van der Waals surface area contributed by atoms with Crippen LogP contribution >= 0.6 is 11.8 Å². The summed E-state index contributed by atoms with van der Waals surface area (Å²) in [5.74, 6) is 0.638. The van der Waals surface area contributed by atoms with Gasteiger partial charge < -0.3 is 0 Å². The van der Waals surface area contributed by atoms with Gasteiger partial charge in [-0.1, -0.05) is 30.3 Å². The summed E-state index contributed by atoms with van der Waals surface area (Å²) in [6.07, 6.45) is -4.26. The summed E-state index contributed by atoms with van der Waals surface area (Å²) >= 11 is 1.55. The van der Waals surface area contributed by atoms with E-state index < -0.39 is 11.7 Å². The second-order valence-corrected chi connectivity index (χ2v) is 4.73. The van der Waals surface area contributed by atoms with Gasteiger partial charge in [0.15, 0.2) is 0 Å². The average Bonchev–Trinajstić information content (AvgIpc) is 2.37. The number of rotatable bonds is 3. The summed E-state index contributed by atoms with van der Waals surface area (Å²) < 4.78 is 37.1. The molecule has 1 radical (unpaired) electrons. The Kier molecular flexibility index (Phi) is 3.97. The van der Waals surface area contributed by atoms with Crippen molar-refractivity contribution >= 4 is 11.8 Å². The van der Waals surface area contributed by atoms with E-state index in [1.807, 2.05) is 24.3 Å². The molecule has 0 N–H and O–H groups in total. The van der Waals surface area contributed by atoms with Crippen molar-refractivity contribution in [3.8, 4) is 0 Å². The minimum Gasteiger partial charge on any atom is -0.166 e. The second kappa shape index (κ2) is 5.48. The molecule has 2 aromatic carbocycles. The highest BCUT2D eigenvalue weighted by Crippen LogP contribution is 2.30. The molecular formula is C14H10F3S. The second-order valence-electron chi connectivity index (χ2n) is 3.71. The number of thioether (sulfide) groups is 1. The van der Waals surface area contributed by atoms with Gasteiger partial charge in [-0.15, -0.1) is 11.8 Å². The molecule has 0 heterocycles. The normalized spacial score (nSPS) is 11.5. The number of hydrogen-bond donors (Lipinski definition) is 0. The maximum Gasteiger partial charge on any atom is 0.416 e. The minimum atomic E-state index is -4.26. The van der Waals surface area contributed by atoms with E-state index in [9.17, 15) is 13.2 Å². The highest BCUT2D eigenvalue weighted by molar-refractivity contribution is 7.98. The number of halogens is 3. The van der Waals surface area contributed by atoms with Crippen LogP contribution in [0.3, 0.4) is 0 Å². The van der Waals surface area contributed by atoms with E-state index in [2.05, 4.69) is 6.07 Å². The van der Waals surface area contributed by atoms with Crippen molar-refractivity contribution in [2.24, 2.45) is 0 Å². The van der Waals surface area contributed by atoms with Crippen LogP contribution in [0.15, 0.2) is 53.4 Å². The molecular weight excluding hydrogens is 257 g/mol. The van der Waals surface area contributed by atoms with Crippen molar-refractivity contribution in [1.29, 1.82) is 0 Å². The topological polar surface area (TPSA) is 0 Å². The van der Waals surface area contributed by atoms with Gasteiger partial charge >= 0.3 is 6.18 Å². The number of hydrogen-bond acceptors (Lipinski definition) is 1. The van der Waals surface area contributed by atoms with Gasteiger partial charge in [-0.2, -0.15) is 13.2 Å². The quantitative estimate of drug-likeness (QED) is 0.720. The molecule has 0 atom stereocenters. The van der Waals surface area contributed by atoms with Crippen molar-refractivity contribution in [3.63, 3.8) is 0 Å². The molecule has 0 amide bonds. The molecule has 0 aliphatic heterocycles. The Hall–Kier alpha value is -1.42. The van der Waals surface area contributed by atoms with Crippen LogP contribution in [0.5, 0.6) is 0 Å². The first kappa shape index (κ1) is 13.0. The lowest BCUT2D eigenvalue weighted by molar-refractivity contribution is -0.137. The first-order valence-electron chi connectivity index (χ1n) is 5.31. The molecule has 93 valence electrons. The van der Waals surface area contributed by atoms with Gasteiger partial charge in [-0.25, -0.2) is 0 Å². The van der Waals surface area contributed by atoms with E-state index >= 15 is 0 Å². The molecule has 0 aliphatic rings. The fourth-order valence-corrected chi connectivity index (χ4v) is 2.26. The predicted octanol–water partition coefficient (Wildman–Crippen LogP) is 4.80. The zero-order valence-corrected chi connectivity index (χ0v) is 10.2. The summed E-state index contributed by atoms with van der Waals surface area (Å²) in [5.41, 5.74) is 0.257. The third-order valence-corrected chi connectivity index (χ3v) is 3.40. The summed E-state index contributed by atoms with van der Waals surface area (Å²) in [6.45, 7) is 0. The lowest BCUT2D eigenvalue weighted by atomic mass is 10.1. The maximum absolute atomic E-state index is 12.4. The molecule has 0 fully saturated rings. The van der Waals surface area contributed by atoms with Crippen molar-refractivity contribution in [2.75, 3.05) is 0 Å². The Labute approximate surface area is 108 Å². The van der Waals surface area contributed by atoms with Crippen LogP contribution in [0.1, 0.15) is 11.1 Å². The molecule has 0 aromatic heterocycles. The van der Waals surface area contributed by atoms with Crippen molar-refractivity contribution in [3.05, 3.63) is 65.7 Å². The zero-order valence-electron chi connectivity index (χ0n) is 9.37. The van der Waals surface area contributed by atoms with Crippen LogP contribution in [0.4, 0.5) is 13.2 Å². The van der Waals surface area contributed by atoms with E-state index in [1.54, 1.807) is 11.8 Å². The van der Waals surface area contributed by atoms with Crippen LogP contribution in [0, 0.1) is 6.07 Å². The molecule has 0 nitrogen and oxygen atoms in total. The Balaban J connectivity index is 1.99. The largest absolute Gasteiger partial charge is 0.416 e. The molecule has 18 heavy (non-hydrogen) atoms. The molecule has 0 aliphatic carbocycles. The molecule has 2 rings (SSSR count). The Bertz CT molecular complexity index is 489. The van der Waals surface area contributed by atoms with Crippen molar-refractivity contribution < 1.29 is 13.2 Å². The molecule has 0 unspecified atom stereocenters. The van der Waals surface area contributed by atoms with E-state index in [4.69, 9.17) is 0 Å². The first-order chi connectivity index (χ1) is 8.55. The van der Waals surface area contributed by atoms with E-state index in [0.29, 0.717) is 5.75 Å². The van der Waals surface area contributed by atoms with Gasteiger partial charge in [0.25, 0.3) is 0 Å². The lowest BCUT2D eigenvalue weighted by Gasteiger charge is -2.07. The van der Waals surface area contributed by atoms with E-state index in [1.165, 1.54) is 12.1 Å². The summed E-state index contributed by atoms with van der Waals surface area (Å²) in [5, 5.41) is 0. The lowest BCUT2D eigenvalue weighted by Crippen LogP contribution is -2.04. The van der Waals surface area contributed by atoms with E-state index in [0.717, 1.165) is 22.6 Å². The van der Waals surface area contributed by atoms with E-state index in [-0.39, 0.29) is 0 Å². The highest BCUT2D eigenvalue weighted by atomic mass is 32.2. The van der Waals surface area contributed by atoms with Crippen LogP contribution in [-0.4, -0.2) is 0 Å². The predicted molar refractivity (Wildman–Crippen MR) is 66.3 cm³/mol. The standard InChI is InChI=1S/C14H10F3S/c15-14(16,17)12-8-6-11(7-9-12)10-18-13-4-2-1-3-5-13/h1-4,6-9H,10H2. The van der Waals surface area contributed by atoms with Gasteiger partial charge in [-0.05, 0) is 29.8 Å². The summed E-state index contributed by atoms with van der Waals surface area (Å²) in [7, 11) is 0. The fraction of sp³-hybridized carbons (Fsp3) is 0.143. The number of alkyl halides is 3. The molecule has 0 bridgehead atoms. The Morgan fingerprint density at radius 3 is 2.28 bits per heavy atom. The van der Waals surface area contributed by atoms with Gasteiger partial charge in [0.1, 0.15) is 0 Å². The molecule has 0 saturated carbocycles. The van der Waals surface area contributed by atoms with Crippen molar-refractivity contribution in [2.45, 2.75) is 16.8 Å². The van der Waals surface area contributed by atoms with Gasteiger partial charge in [-0.3, -0.25) is 0 Å². The minimum absolute atomic E-state index is 0.609. The van der Waals surface area contributed by atoms with Crippen LogP contribution < -0.4 is 0 Å². The highest BCUT2D eigenvalue weighted by Gasteiger charge is 2.29. The molecule has 0 saturated heterocycles. The average molecular weight is 267 g/mol. The Morgan fingerprint density at radius 1 is 1.00 bits per heavy atom. The summed E-state index contributed by atoms with van der Waals surface area (Å²) in [6, 6.07) is 15.8. The van der Waals surface area contributed by atoms with Gasteiger partial charge in [0.05, 0.1) is 5.56 Å². The van der Waals surface area contributed by atoms with Crippen LogP contribution in [-0.2, 0) is 11.9 Å². The SMILES string of the molecule is FC(F)(F)c1ccc(CSc2[c]cccc2)cc1. The third kappa shape index (κ3) is 3.53. The molecule has 4 heteroatoms. The van der Waals surface area contributed by atoms with Gasteiger partial charge in [0, 0.05) is 10.6 Å². The third-order valence-electron chi connectivity index (χ3n) is 2.36. The Morgan fingerprint density at radius 2 is 1.72 bits per heavy atom. The van der Waals surface area contributed by atoms with Crippen LogP contribution in [0.25, 0.3) is 0 Å². The smallest absolute Gasteiger partial charge is 0.166 e. The number of benzene rings is 2. The monoisotopic (exact) mass is 267 g/mol. The van der Waals surface area contributed by atoms with Crippen molar-refractivity contribution in [1.82, 2.24) is 0 Å². The maximum atomic E-state index is 12.4. The zero-order chi connectivity index (χ0) is 13.0. The summed E-state index contributed by atoms with van der Waals surface area (Å²) in [4.78, 5) is 0.984. The molecule has 2 aromatic rings. The van der Waals surface area contributed by atoms with Gasteiger partial charge in [0.2, 0.25) is 0 Å².